The topological polar surface area (TPSA) is 47.2 Å². The van der Waals surface area contributed by atoms with E-state index in [0.29, 0.717) is 5.56 Å². The van der Waals surface area contributed by atoms with Crippen LogP contribution in [-0.2, 0) is 13.0 Å². The van der Waals surface area contributed by atoms with Gasteiger partial charge in [0.15, 0.2) is 4.80 Å². The molecule has 4 rings (SSSR count). The molecule has 4 nitrogen and oxygen atoms in total. The smallest absolute Gasteiger partial charge is 0.279 e. The van der Waals surface area contributed by atoms with E-state index >= 15 is 0 Å². The summed E-state index contributed by atoms with van der Waals surface area (Å²) in [6.07, 6.45) is 2.00. The number of carbonyl (C=O) groups is 1. The van der Waals surface area contributed by atoms with E-state index in [1.54, 1.807) is 22.9 Å². The number of thiazole rings is 2. The van der Waals surface area contributed by atoms with E-state index in [0.717, 1.165) is 39.9 Å². The van der Waals surface area contributed by atoms with Crippen LogP contribution in [0, 0.1) is 0 Å². The van der Waals surface area contributed by atoms with Gasteiger partial charge in [-0.25, -0.2) is 4.98 Å². The number of carbonyl (C=O) groups excluding carboxylic acids is 1. The average molecular weight is 382 g/mol. The Hall–Kier alpha value is -2.31. The number of aromatic nitrogens is 2. The van der Waals surface area contributed by atoms with Crippen LogP contribution in [0.3, 0.4) is 0 Å². The van der Waals surface area contributed by atoms with Gasteiger partial charge >= 0.3 is 0 Å². The van der Waals surface area contributed by atoms with Gasteiger partial charge in [0.05, 0.1) is 25.9 Å². The molecule has 0 unspecified atom stereocenters. The Labute approximate surface area is 159 Å². The lowest BCUT2D eigenvalue weighted by atomic mass is 10.2. The zero-order valence-electron chi connectivity index (χ0n) is 14.7. The van der Waals surface area contributed by atoms with Crippen LogP contribution in [0.15, 0.2) is 46.9 Å². The normalized spacial score (nSPS) is 12.3. The minimum atomic E-state index is -0.201. The van der Waals surface area contributed by atoms with Crippen molar-refractivity contribution in [3.05, 3.63) is 57.8 Å². The Kier molecular flexibility index (Phi) is 4.70. The summed E-state index contributed by atoms with van der Waals surface area (Å²) in [6, 6.07) is 12.1. The van der Waals surface area contributed by atoms with E-state index < -0.39 is 0 Å². The molecule has 0 atom stereocenters. The SMILES string of the molecule is CCCn1c(=NC(=O)c2ccc3ncsc3c2)sc2cc(CC)ccc21. The molecule has 26 heavy (non-hydrogen) atoms. The molecule has 0 spiro atoms. The molecule has 2 heterocycles. The number of aryl methyl sites for hydroxylation is 2. The highest BCUT2D eigenvalue weighted by Crippen LogP contribution is 2.21. The van der Waals surface area contributed by atoms with E-state index in [9.17, 15) is 4.79 Å². The van der Waals surface area contributed by atoms with Gasteiger partial charge in [0, 0.05) is 12.1 Å². The van der Waals surface area contributed by atoms with Crippen molar-refractivity contribution >= 4 is 49.0 Å². The Balaban J connectivity index is 1.82. The maximum absolute atomic E-state index is 12.7. The second-order valence-corrected chi connectivity index (χ2v) is 8.04. The quantitative estimate of drug-likeness (QED) is 0.498. The summed E-state index contributed by atoms with van der Waals surface area (Å²) >= 11 is 3.12. The first kappa shape index (κ1) is 17.1. The van der Waals surface area contributed by atoms with Crippen molar-refractivity contribution in [3.63, 3.8) is 0 Å². The van der Waals surface area contributed by atoms with E-state index in [4.69, 9.17) is 0 Å². The van der Waals surface area contributed by atoms with Gasteiger partial charge in [0.25, 0.3) is 5.91 Å². The van der Waals surface area contributed by atoms with Crippen LogP contribution in [0.2, 0.25) is 0 Å². The molecular formula is C20H19N3OS2. The molecule has 0 radical (unpaired) electrons. The third kappa shape index (κ3) is 3.10. The third-order valence-electron chi connectivity index (χ3n) is 4.38. The number of hydrogen-bond acceptors (Lipinski definition) is 4. The standard InChI is InChI=1S/C20H19N3OS2/c1-3-9-23-16-8-5-13(4-2)10-18(16)26-20(23)22-19(24)14-6-7-15-17(11-14)25-12-21-15/h5-8,10-12H,3-4,9H2,1-2H3. The summed E-state index contributed by atoms with van der Waals surface area (Å²) in [5.74, 6) is -0.201. The highest BCUT2D eigenvalue weighted by atomic mass is 32.1. The lowest BCUT2D eigenvalue weighted by Gasteiger charge is -2.03. The van der Waals surface area contributed by atoms with Crippen LogP contribution >= 0.6 is 22.7 Å². The zero-order valence-corrected chi connectivity index (χ0v) is 16.4. The van der Waals surface area contributed by atoms with Crippen molar-refractivity contribution in [1.82, 2.24) is 9.55 Å². The first-order valence-corrected chi connectivity index (χ1v) is 10.4. The number of fused-ring (bicyclic) bond motifs is 2. The van der Waals surface area contributed by atoms with E-state index in [1.807, 2.05) is 12.1 Å². The number of hydrogen-bond donors (Lipinski definition) is 0. The molecule has 0 aliphatic rings. The zero-order chi connectivity index (χ0) is 18.1. The van der Waals surface area contributed by atoms with Gasteiger partial charge in [-0.1, -0.05) is 31.3 Å². The van der Waals surface area contributed by atoms with Crippen molar-refractivity contribution in [3.8, 4) is 0 Å². The highest BCUT2D eigenvalue weighted by molar-refractivity contribution is 7.17. The fraction of sp³-hybridized carbons (Fsp3) is 0.250. The second kappa shape index (κ2) is 7.13. The van der Waals surface area contributed by atoms with Crippen LogP contribution in [0.4, 0.5) is 0 Å². The molecule has 0 aliphatic heterocycles. The van der Waals surface area contributed by atoms with Crippen molar-refractivity contribution in [2.45, 2.75) is 33.2 Å². The fourth-order valence-electron chi connectivity index (χ4n) is 3.00. The molecular weight excluding hydrogens is 362 g/mol. The Bertz CT molecular complexity index is 1170. The van der Waals surface area contributed by atoms with Crippen molar-refractivity contribution in [2.24, 2.45) is 4.99 Å². The maximum atomic E-state index is 12.7. The predicted octanol–water partition coefficient (Wildman–Crippen LogP) is 5.03. The van der Waals surface area contributed by atoms with E-state index in [1.165, 1.54) is 21.6 Å². The maximum Gasteiger partial charge on any atom is 0.279 e. The van der Waals surface area contributed by atoms with Crippen LogP contribution in [0.5, 0.6) is 0 Å². The lowest BCUT2D eigenvalue weighted by molar-refractivity contribution is 0.0998. The second-order valence-electron chi connectivity index (χ2n) is 6.14. The molecule has 4 aromatic rings. The fourth-order valence-corrected chi connectivity index (χ4v) is 4.84. The largest absolute Gasteiger partial charge is 0.316 e. The highest BCUT2D eigenvalue weighted by Gasteiger charge is 2.10. The van der Waals surface area contributed by atoms with E-state index in [-0.39, 0.29) is 5.91 Å². The van der Waals surface area contributed by atoms with Gasteiger partial charge in [0.1, 0.15) is 0 Å². The van der Waals surface area contributed by atoms with Crippen LogP contribution in [0.1, 0.15) is 36.2 Å². The number of rotatable bonds is 4. The summed E-state index contributed by atoms with van der Waals surface area (Å²) in [5.41, 5.74) is 5.77. The Morgan fingerprint density at radius 1 is 1.15 bits per heavy atom. The minimum Gasteiger partial charge on any atom is -0.316 e. The average Bonchev–Trinajstić information content (AvgIpc) is 3.25. The van der Waals surface area contributed by atoms with E-state index in [2.05, 4.69) is 46.6 Å². The molecule has 0 aliphatic carbocycles. The van der Waals surface area contributed by atoms with Gasteiger partial charge in [-0.05, 0) is 48.7 Å². The lowest BCUT2D eigenvalue weighted by Crippen LogP contribution is -2.16. The molecule has 0 bridgehead atoms. The summed E-state index contributed by atoms with van der Waals surface area (Å²) in [7, 11) is 0. The van der Waals surface area contributed by atoms with Gasteiger partial charge in [-0.15, -0.1) is 11.3 Å². The number of nitrogens with zero attached hydrogens (tertiary/aromatic N) is 3. The third-order valence-corrected chi connectivity index (χ3v) is 6.21. The Morgan fingerprint density at radius 2 is 2.04 bits per heavy atom. The first-order chi connectivity index (χ1) is 12.7. The summed E-state index contributed by atoms with van der Waals surface area (Å²) in [4.78, 5) is 22.2. The molecule has 0 saturated heterocycles. The van der Waals surface area contributed by atoms with Gasteiger partial charge in [0.2, 0.25) is 0 Å². The van der Waals surface area contributed by atoms with Crippen molar-refractivity contribution < 1.29 is 4.79 Å². The molecule has 0 N–H and O–H groups in total. The van der Waals surface area contributed by atoms with Gasteiger partial charge in [-0.2, -0.15) is 4.99 Å². The summed E-state index contributed by atoms with van der Waals surface area (Å²) < 4.78 is 4.35. The molecule has 6 heteroatoms. The molecule has 1 amide bonds. The summed E-state index contributed by atoms with van der Waals surface area (Å²) in [5, 5.41) is 0. The van der Waals surface area contributed by atoms with Crippen LogP contribution in [0.25, 0.3) is 20.4 Å². The Morgan fingerprint density at radius 3 is 2.85 bits per heavy atom. The molecule has 2 aromatic heterocycles. The molecule has 132 valence electrons. The first-order valence-electron chi connectivity index (χ1n) is 8.74. The van der Waals surface area contributed by atoms with Crippen molar-refractivity contribution in [1.29, 1.82) is 0 Å². The molecule has 0 saturated carbocycles. The number of benzene rings is 2. The monoisotopic (exact) mass is 381 g/mol. The van der Waals surface area contributed by atoms with Crippen LogP contribution in [-0.4, -0.2) is 15.5 Å². The molecule has 0 fully saturated rings. The summed E-state index contributed by atoms with van der Waals surface area (Å²) in [6.45, 7) is 5.14. The number of amides is 1. The van der Waals surface area contributed by atoms with Gasteiger partial charge < -0.3 is 4.57 Å². The van der Waals surface area contributed by atoms with Crippen LogP contribution < -0.4 is 4.80 Å². The minimum absolute atomic E-state index is 0.201. The molecule has 2 aromatic carbocycles. The predicted molar refractivity (Wildman–Crippen MR) is 109 cm³/mol. The van der Waals surface area contributed by atoms with Crippen molar-refractivity contribution in [2.75, 3.05) is 0 Å². The van der Waals surface area contributed by atoms with Gasteiger partial charge in [-0.3, -0.25) is 4.79 Å².